The molecule has 0 bridgehead atoms. The summed E-state index contributed by atoms with van der Waals surface area (Å²) in [4.78, 5) is 31.9. The maximum absolute atomic E-state index is 11.9. The predicted octanol–water partition coefficient (Wildman–Crippen LogP) is 1.51. The van der Waals surface area contributed by atoms with Crippen LogP contribution in [0, 0.1) is 5.92 Å². The van der Waals surface area contributed by atoms with Crippen LogP contribution in [0.25, 0.3) is 10.9 Å². The van der Waals surface area contributed by atoms with E-state index in [0.717, 1.165) is 5.69 Å². The number of nitrogens with zero attached hydrogens (tertiary/aromatic N) is 2. The Morgan fingerprint density at radius 1 is 1.42 bits per heavy atom. The van der Waals surface area contributed by atoms with Gasteiger partial charge in [-0.1, -0.05) is 0 Å². The Morgan fingerprint density at radius 3 is 3.00 bits per heavy atom. The first-order valence-corrected chi connectivity index (χ1v) is 6.56. The van der Waals surface area contributed by atoms with Gasteiger partial charge in [0.2, 0.25) is 5.91 Å². The van der Waals surface area contributed by atoms with E-state index in [-0.39, 0.29) is 17.4 Å². The third kappa shape index (κ3) is 2.10. The van der Waals surface area contributed by atoms with Crippen molar-refractivity contribution in [1.82, 2.24) is 9.97 Å². The topological polar surface area (TPSA) is 66.1 Å². The van der Waals surface area contributed by atoms with Crippen molar-refractivity contribution in [2.24, 2.45) is 5.92 Å². The van der Waals surface area contributed by atoms with Gasteiger partial charge in [-0.2, -0.15) is 0 Å². The molecule has 5 nitrogen and oxygen atoms in total. The smallest absolute Gasteiger partial charge is 0.258 e. The van der Waals surface area contributed by atoms with Gasteiger partial charge in [0.1, 0.15) is 0 Å². The molecule has 0 aliphatic carbocycles. The van der Waals surface area contributed by atoms with Crippen molar-refractivity contribution in [1.29, 1.82) is 0 Å². The normalized spacial score (nSPS) is 19.3. The van der Waals surface area contributed by atoms with Crippen LogP contribution in [-0.2, 0) is 4.79 Å². The average Bonchev–Trinajstić information content (AvgIpc) is 2.80. The number of rotatable bonds is 2. The SMILES string of the molecule is O=C1CC(CCl)CN1c1ccc2nc[nH]c(=O)c2c1. The van der Waals surface area contributed by atoms with Gasteiger partial charge in [0.25, 0.3) is 5.56 Å². The van der Waals surface area contributed by atoms with Crippen molar-refractivity contribution in [3.05, 3.63) is 34.9 Å². The number of halogens is 1. The zero-order valence-electron chi connectivity index (χ0n) is 10.1. The lowest BCUT2D eigenvalue weighted by atomic mass is 10.1. The van der Waals surface area contributed by atoms with E-state index in [4.69, 9.17) is 11.6 Å². The lowest BCUT2D eigenvalue weighted by Crippen LogP contribution is -2.24. The molecule has 2 heterocycles. The third-order valence-corrected chi connectivity index (χ3v) is 3.80. The fraction of sp³-hybridized carbons (Fsp3) is 0.308. The highest BCUT2D eigenvalue weighted by atomic mass is 35.5. The highest BCUT2D eigenvalue weighted by molar-refractivity contribution is 6.18. The maximum Gasteiger partial charge on any atom is 0.258 e. The second-order valence-corrected chi connectivity index (χ2v) is 4.97. The van der Waals surface area contributed by atoms with Crippen LogP contribution < -0.4 is 10.5 Å². The summed E-state index contributed by atoms with van der Waals surface area (Å²) in [5, 5.41) is 0.488. The van der Waals surface area contributed by atoms with Gasteiger partial charge in [-0.25, -0.2) is 4.98 Å². The summed E-state index contributed by atoms with van der Waals surface area (Å²) in [5.74, 6) is 0.695. The molecule has 1 atom stereocenters. The van der Waals surface area contributed by atoms with E-state index in [1.165, 1.54) is 6.33 Å². The second kappa shape index (κ2) is 4.66. The molecule has 1 unspecified atom stereocenters. The minimum Gasteiger partial charge on any atom is -0.313 e. The molecule has 1 aromatic carbocycles. The first-order valence-electron chi connectivity index (χ1n) is 6.03. The summed E-state index contributed by atoms with van der Waals surface area (Å²) < 4.78 is 0. The van der Waals surface area contributed by atoms with Gasteiger partial charge < -0.3 is 9.88 Å². The number of aromatic nitrogens is 2. The summed E-state index contributed by atoms with van der Waals surface area (Å²) in [6.07, 6.45) is 1.83. The van der Waals surface area contributed by atoms with E-state index in [2.05, 4.69) is 9.97 Å². The monoisotopic (exact) mass is 277 g/mol. The van der Waals surface area contributed by atoms with Gasteiger partial charge in [-0.15, -0.1) is 11.6 Å². The maximum atomic E-state index is 11.9. The number of H-pyrrole nitrogens is 1. The number of hydrogen-bond acceptors (Lipinski definition) is 3. The molecule has 3 rings (SSSR count). The van der Waals surface area contributed by atoms with E-state index >= 15 is 0 Å². The van der Waals surface area contributed by atoms with E-state index in [9.17, 15) is 9.59 Å². The molecule has 1 N–H and O–H groups in total. The molecular formula is C13H12ClN3O2. The van der Waals surface area contributed by atoms with Crippen LogP contribution in [0.15, 0.2) is 29.3 Å². The Hall–Kier alpha value is -1.88. The van der Waals surface area contributed by atoms with Crippen LogP contribution in [0.5, 0.6) is 0 Å². The van der Waals surface area contributed by atoms with Gasteiger partial charge in [0.05, 0.1) is 17.2 Å². The summed E-state index contributed by atoms with van der Waals surface area (Å²) in [7, 11) is 0. The third-order valence-electron chi connectivity index (χ3n) is 3.36. The molecule has 0 radical (unpaired) electrons. The zero-order chi connectivity index (χ0) is 13.4. The molecule has 1 aliphatic rings. The molecule has 1 aliphatic heterocycles. The van der Waals surface area contributed by atoms with Crippen molar-refractivity contribution in [2.45, 2.75) is 6.42 Å². The van der Waals surface area contributed by atoms with E-state index in [0.29, 0.717) is 29.7 Å². The van der Waals surface area contributed by atoms with Crippen molar-refractivity contribution in [3.8, 4) is 0 Å². The molecule has 1 aromatic heterocycles. The second-order valence-electron chi connectivity index (χ2n) is 4.66. The number of alkyl halides is 1. The number of aromatic amines is 1. The van der Waals surface area contributed by atoms with Crippen LogP contribution in [0.4, 0.5) is 5.69 Å². The first kappa shape index (κ1) is 12.2. The van der Waals surface area contributed by atoms with Crippen molar-refractivity contribution in [2.75, 3.05) is 17.3 Å². The molecule has 1 saturated heterocycles. The van der Waals surface area contributed by atoms with Crippen LogP contribution >= 0.6 is 11.6 Å². The van der Waals surface area contributed by atoms with Crippen molar-refractivity contribution in [3.63, 3.8) is 0 Å². The number of fused-ring (bicyclic) bond motifs is 1. The Kier molecular flexibility index (Phi) is 2.98. The quantitative estimate of drug-likeness (QED) is 0.846. The molecule has 1 fully saturated rings. The molecule has 6 heteroatoms. The van der Waals surface area contributed by atoms with Gasteiger partial charge in [-0.3, -0.25) is 9.59 Å². The van der Waals surface area contributed by atoms with Crippen LogP contribution in [-0.4, -0.2) is 28.3 Å². The van der Waals surface area contributed by atoms with Crippen LogP contribution in [0.1, 0.15) is 6.42 Å². The molecule has 0 saturated carbocycles. The molecule has 98 valence electrons. The molecule has 1 amide bonds. The first-order chi connectivity index (χ1) is 9.19. The Labute approximate surface area is 114 Å². The fourth-order valence-corrected chi connectivity index (χ4v) is 2.57. The Bertz CT molecular complexity index is 698. The number of nitrogens with one attached hydrogen (secondary N) is 1. The van der Waals surface area contributed by atoms with E-state index in [1.807, 2.05) is 6.07 Å². The molecule has 0 spiro atoms. The largest absolute Gasteiger partial charge is 0.313 e. The minimum atomic E-state index is -0.201. The zero-order valence-corrected chi connectivity index (χ0v) is 10.9. The minimum absolute atomic E-state index is 0.0466. The van der Waals surface area contributed by atoms with E-state index in [1.54, 1.807) is 17.0 Å². The Morgan fingerprint density at radius 2 is 2.26 bits per heavy atom. The number of carbonyl (C=O) groups is 1. The van der Waals surface area contributed by atoms with Crippen molar-refractivity contribution < 1.29 is 4.79 Å². The number of anilines is 1. The summed E-state index contributed by atoms with van der Waals surface area (Å²) in [6, 6.07) is 5.26. The highest BCUT2D eigenvalue weighted by Gasteiger charge is 2.30. The number of carbonyl (C=O) groups excluding carboxylic acids is 1. The summed E-state index contributed by atoms with van der Waals surface area (Å²) >= 11 is 5.80. The summed E-state index contributed by atoms with van der Waals surface area (Å²) in [5.41, 5.74) is 1.14. The molecule has 19 heavy (non-hydrogen) atoms. The number of amides is 1. The van der Waals surface area contributed by atoms with Gasteiger partial charge >= 0.3 is 0 Å². The summed E-state index contributed by atoms with van der Waals surface area (Å²) in [6.45, 7) is 0.603. The van der Waals surface area contributed by atoms with Crippen LogP contribution in [0.3, 0.4) is 0 Å². The van der Waals surface area contributed by atoms with Gasteiger partial charge in [-0.05, 0) is 24.1 Å². The number of hydrogen-bond donors (Lipinski definition) is 1. The van der Waals surface area contributed by atoms with Gasteiger partial charge in [0, 0.05) is 24.5 Å². The van der Waals surface area contributed by atoms with Crippen molar-refractivity contribution >= 4 is 34.1 Å². The molecule has 2 aromatic rings. The predicted molar refractivity (Wildman–Crippen MR) is 73.5 cm³/mol. The fourth-order valence-electron chi connectivity index (χ4n) is 2.36. The highest BCUT2D eigenvalue weighted by Crippen LogP contribution is 2.27. The number of benzene rings is 1. The average molecular weight is 278 g/mol. The molecular weight excluding hydrogens is 266 g/mol. The lowest BCUT2D eigenvalue weighted by Gasteiger charge is -2.16. The van der Waals surface area contributed by atoms with Crippen LogP contribution in [0.2, 0.25) is 0 Å². The van der Waals surface area contributed by atoms with Gasteiger partial charge in [0.15, 0.2) is 0 Å². The Balaban J connectivity index is 2.04. The lowest BCUT2D eigenvalue weighted by molar-refractivity contribution is -0.117. The standard InChI is InChI=1S/C13H12ClN3O2/c14-5-8-3-12(18)17(6-8)9-1-2-11-10(4-9)13(19)16-7-15-11/h1-2,4,7-8H,3,5-6H2,(H,15,16,19). The van der Waals surface area contributed by atoms with E-state index < -0.39 is 0 Å².